The summed E-state index contributed by atoms with van der Waals surface area (Å²) >= 11 is 0. The van der Waals surface area contributed by atoms with Gasteiger partial charge in [0.1, 0.15) is 23.4 Å². The number of rotatable bonds is 4. The number of nitrogens with zero attached hydrogens (tertiary/aromatic N) is 1. The smallest absolute Gasteiger partial charge is 0.320 e. The van der Waals surface area contributed by atoms with Crippen molar-refractivity contribution in [2.24, 2.45) is 0 Å². The Morgan fingerprint density at radius 3 is 2.80 bits per heavy atom. The first-order chi connectivity index (χ1) is 9.38. The van der Waals surface area contributed by atoms with Gasteiger partial charge in [-0.15, -0.1) is 0 Å². The van der Waals surface area contributed by atoms with E-state index in [1.54, 1.807) is 26.8 Å². The van der Waals surface area contributed by atoms with Crippen molar-refractivity contribution in [2.75, 3.05) is 11.9 Å². The predicted octanol–water partition coefficient (Wildman–Crippen LogP) is 1.91. The van der Waals surface area contributed by atoms with Gasteiger partial charge in [0.2, 0.25) is 0 Å². The maximum absolute atomic E-state index is 11.6. The van der Waals surface area contributed by atoms with Crippen molar-refractivity contribution in [2.45, 2.75) is 26.4 Å². The van der Waals surface area contributed by atoms with E-state index in [1.807, 2.05) is 0 Å². The van der Waals surface area contributed by atoms with Gasteiger partial charge in [-0.25, -0.2) is 4.79 Å². The number of hydrogen-bond donors (Lipinski definition) is 3. The Bertz CT molecular complexity index is 587. The number of hydrogen-bond acceptors (Lipinski definition) is 5. The number of nitrogens with one attached hydrogen (secondary N) is 2. The Morgan fingerprint density at radius 1 is 1.50 bits per heavy atom. The lowest BCUT2D eigenvalue weighted by molar-refractivity contribution is 0.0584. The third-order valence-corrected chi connectivity index (χ3v) is 2.89. The molecular weight excluding hydrogens is 262 g/mol. The fourth-order valence-corrected chi connectivity index (χ4v) is 1.95. The number of aromatic nitrogens is 1. The van der Waals surface area contributed by atoms with E-state index in [2.05, 4.69) is 20.3 Å². The van der Waals surface area contributed by atoms with Crippen molar-refractivity contribution in [3.05, 3.63) is 35.5 Å². The van der Waals surface area contributed by atoms with Gasteiger partial charge in [0.25, 0.3) is 0 Å². The van der Waals surface area contributed by atoms with Crippen LogP contribution >= 0.6 is 0 Å². The van der Waals surface area contributed by atoms with Crippen LogP contribution < -0.4 is 10.6 Å². The van der Waals surface area contributed by atoms with Crippen LogP contribution in [0.5, 0.6) is 0 Å². The molecular formula is C13H17N3O4. The zero-order valence-corrected chi connectivity index (χ0v) is 11.6. The maximum Gasteiger partial charge on any atom is 0.320 e. The molecule has 2 aromatic rings. The summed E-state index contributed by atoms with van der Waals surface area (Å²) < 4.78 is 9.98. The summed E-state index contributed by atoms with van der Waals surface area (Å²) in [5.41, 5.74) is -0.569. The Morgan fingerprint density at radius 2 is 2.25 bits per heavy atom. The SMILES string of the molecule is Cc1cc([C@](C)(O)CNC(=O)Nc2ccon2)c(C)o1. The Balaban J connectivity index is 1.95. The van der Waals surface area contributed by atoms with Crippen molar-refractivity contribution < 1.29 is 18.8 Å². The molecule has 0 unspecified atom stereocenters. The number of carbonyl (C=O) groups excluding carboxylic acids is 1. The van der Waals surface area contributed by atoms with Crippen LogP contribution in [0.3, 0.4) is 0 Å². The molecule has 2 rings (SSSR count). The van der Waals surface area contributed by atoms with Crippen molar-refractivity contribution in [1.82, 2.24) is 10.5 Å². The van der Waals surface area contributed by atoms with Gasteiger partial charge in [0.05, 0.1) is 6.54 Å². The molecule has 0 radical (unpaired) electrons. The second-order valence-corrected chi connectivity index (χ2v) is 4.79. The van der Waals surface area contributed by atoms with Gasteiger partial charge in [-0.2, -0.15) is 0 Å². The van der Waals surface area contributed by atoms with Crippen molar-refractivity contribution in [3.8, 4) is 0 Å². The minimum atomic E-state index is -1.22. The first kappa shape index (κ1) is 14.1. The highest BCUT2D eigenvalue weighted by molar-refractivity contribution is 5.88. The first-order valence-electron chi connectivity index (χ1n) is 6.13. The number of urea groups is 1. The molecule has 1 atom stereocenters. The molecule has 0 saturated carbocycles. The third-order valence-electron chi connectivity index (χ3n) is 2.89. The number of aliphatic hydroxyl groups is 1. The molecule has 0 bridgehead atoms. The number of amides is 2. The van der Waals surface area contributed by atoms with E-state index in [0.717, 1.165) is 0 Å². The Hall–Kier alpha value is -2.28. The van der Waals surface area contributed by atoms with Crippen LogP contribution in [0.15, 0.2) is 27.3 Å². The lowest BCUT2D eigenvalue weighted by Gasteiger charge is -2.23. The van der Waals surface area contributed by atoms with Crippen LogP contribution in [-0.2, 0) is 5.60 Å². The largest absolute Gasteiger partial charge is 0.466 e. The van der Waals surface area contributed by atoms with Gasteiger partial charge in [-0.1, -0.05) is 5.16 Å². The summed E-state index contributed by atoms with van der Waals surface area (Å²) in [6.07, 6.45) is 1.35. The van der Waals surface area contributed by atoms with E-state index in [-0.39, 0.29) is 6.54 Å². The summed E-state index contributed by atoms with van der Waals surface area (Å²) in [7, 11) is 0. The molecule has 0 spiro atoms. The zero-order valence-electron chi connectivity index (χ0n) is 11.6. The topological polar surface area (TPSA) is 101 Å². The average molecular weight is 279 g/mol. The van der Waals surface area contributed by atoms with E-state index in [9.17, 15) is 9.90 Å². The Kier molecular flexibility index (Phi) is 3.80. The first-order valence-corrected chi connectivity index (χ1v) is 6.13. The summed E-state index contributed by atoms with van der Waals surface area (Å²) in [5, 5.41) is 19.0. The summed E-state index contributed by atoms with van der Waals surface area (Å²) in [6.45, 7) is 5.22. The van der Waals surface area contributed by atoms with E-state index < -0.39 is 11.6 Å². The van der Waals surface area contributed by atoms with Gasteiger partial charge in [-0.3, -0.25) is 5.32 Å². The number of anilines is 1. The highest BCUT2D eigenvalue weighted by atomic mass is 16.5. The molecule has 20 heavy (non-hydrogen) atoms. The molecule has 0 aromatic carbocycles. The van der Waals surface area contributed by atoms with Gasteiger partial charge in [0.15, 0.2) is 5.82 Å². The van der Waals surface area contributed by atoms with E-state index in [0.29, 0.717) is 22.9 Å². The molecule has 0 aliphatic heterocycles. The fraction of sp³-hybridized carbons (Fsp3) is 0.385. The number of furan rings is 1. The summed E-state index contributed by atoms with van der Waals surface area (Å²) in [4.78, 5) is 11.6. The van der Waals surface area contributed by atoms with Crippen LogP contribution in [0.4, 0.5) is 10.6 Å². The molecule has 0 aliphatic rings. The quantitative estimate of drug-likeness (QED) is 0.793. The highest BCUT2D eigenvalue weighted by Gasteiger charge is 2.28. The van der Waals surface area contributed by atoms with Gasteiger partial charge >= 0.3 is 6.03 Å². The van der Waals surface area contributed by atoms with E-state index in [4.69, 9.17) is 4.42 Å². The maximum atomic E-state index is 11.6. The molecule has 7 heteroatoms. The highest BCUT2D eigenvalue weighted by Crippen LogP contribution is 2.26. The molecule has 3 N–H and O–H groups in total. The van der Waals surface area contributed by atoms with Crippen LogP contribution in [-0.4, -0.2) is 22.8 Å². The van der Waals surface area contributed by atoms with Crippen molar-refractivity contribution in [1.29, 1.82) is 0 Å². The Labute approximate surface area is 115 Å². The van der Waals surface area contributed by atoms with Crippen molar-refractivity contribution >= 4 is 11.8 Å². The normalized spacial score (nSPS) is 13.8. The molecule has 2 aromatic heterocycles. The molecule has 0 fully saturated rings. The summed E-state index contributed by atoms with van der Waals surface area (Å²) in [6, 6.07) is 2.80. The van der Waals surface area contributed by atoms with Gasteiger partial charge in [0, 0.05) is 11.6 Å². The van der Waals surface area contributed by atoms with Gasteiger partial charge in [-0.05, 0) is 26.8 Å². The second kappa shape index (κ2) is 5.38. The zero-order chi connectivity index (χ0) is 14.8. The predicted molar refractivity (Wildman–Crippen MR) is 71.3 cm³/mol. The molecule has 2 heterocycles. The average Bonchev–Trinajstić information content (AvgIpc) is 2.97. The molecule has 7 nitrogen and oxygen atoms in total. The lowest BCUT2D eigenvalue weighted by atomic mass is 9.96. The fourth-order valence-electron chi connectivity index (χ4n) is 1.95. The van der Waals surface area contributed by atoms with E-state index >= 15 is 0 Å². The van der Waals surface area contributed by atoms with Crippen LogP contribution in [0.1, 0.15) is 24.0 Å². The number of aryl methyl sites for hydroxylation is 2. The summed E-state index contributed by atoms with van der Waals surface area (Å²) in [5.74, 6) is 1.65. The van der Waals surface area contributed by atoms with Crippen LogP contribution in [0, 0.1) is 13.8 Å². The molecule has 0 aliphatic carbocycles. The van der Waals surface area contributed by atoms with Crippen molar-refractivity contribution in [3.63, 3.8) is 0 Å². The van der Waals surface area contributed by atoms with E-state index in [1.165, 1.54) is 12.3 Å². The standard InChI is InChI=1S/C13H17N3O4/c1-8-6-10(9(2)20-8)13(3,18)7-14-12(17)15-11-4-5-19-16-11/h4-6,18H,7H2,1-3H3,(H2,14,15,16,17)/t13-/m1/s1. The molecule has 0 saturated heterocycles. The monoisotopic (exact) mass is 279 g/mol. The second-order valence-electron chi connectivity index (χ2n) is 4.79. The molecule has 2 amide bonds. The lowest BCUT2D eigenvalue weighted by Crippen LogP contribution is -2.40. The van der Waals surface area contributed by atoms with Crippen LogP contribution in [0.25, 0.3) is 0 Å². The minimum absolute atomic E-state index is 0.0382. The molecule has 108 valence electrons. The minimum Gasteiger partial charge on any atom is -0.466 e. The third kappa shape index (κ3) is 3.18. The number of carbonyl (C=O) groups is 1. The van der Waals surface area contributed by atoms with Gasteiger partial charge < -0.3 is 19.4 Å². The van der Waals surface area contributed by atoms with Crippen LogP contribution in [0.2, 0.25) is 0 Å².